The molecule has 1 N–H and O–H groups in total. The third-order valence-electron chi connectivity index (χ3n) is 2.14. The molecular weight excluding hydrogens is 274 g/mol. The maximum Gasteiger partial charge on any atom is 0.323 e. The molecule has 0 saturated heterocycles. The van der Waals surface area contributed by atoms with Crippen molar-refractivity contribution in [3.63, 3.8) is 0 Å². The summed E-state index contributed by atoms with van der Waals surface area (Å²) < 4.78 is 0.891. The number of hydrogen-bond acceptors (Lipinski definition) is 2. The number of carbonyl (C=O) groups excluding carboxylic acids is 1. The monoisotopic (exact) mass is 285 g/mol. The Balaban J connectivity index is 2.92. The van der Waals surface area contributed by atoms with Crippen LogP contribution in [0.2, 0.25) is 0 Å². The molecule has 0 aliphatic rings. The van der Waals surface area contributed by atoms with E-state index < -0.39 is 5.97 Å². The number of rotatable bonds is 3. The number of hydrogen-bond donors (Lipinski definition) is 1. The predicted octanol–water partition coefficient (Wildman–Crippen LogP) is 1.91. The molecule has 0 atom stereocenters. The number of carbonyl (C=O) groups is 2. The van der Waals surface area contributed by atoms with E-state index in [0.29, 0.717) is 5.56 Å². The van der Waals surface area contributed by atoms with Gasteiger partial charge in [0.15, 0.2) is 0 Å². The smallest absolute Gasteiger partial charge is 0.323 e. The van der Waals surface area contributed by atoms with Gasteiger partial charge < -0.3 is 10.0 Å². The lowest BCUT2D eigenvalue weighted by Gasteiger charge is -2.15. The van der Waals surface area contributed by atoms with Crippen LogP contribution in [-0.2, 0) is 4.79 Å². The Labute approximate surface area is 102 Å². The van der Waals surface area contributed by atoms with Crippen LogP contribution in [-0.4, -0.2) is 35.5 Å². The lowest BCUT2D eigenvalue weighted by atomic mass is 10.1. The van der Waals surface area contributed by atoms with Crippen LogP contribution in [0, 0.1) is 6.92 Å². The maximum atomic E-state index is 11.9. The number of carboxylic acids is 1. The second-order valence-electron chi connectivity index (χ2n) is 3.51. The van der Waals surface area contributed by atoms with Gasteiger partial charge in [-0.15, -0.1) is 0 Å². The van der Waals surface area contributed by atoms with E-state index in [9.17, 15) is 9.59 Å². The van der Waals surface area contributed by atoms with Gasteiger partial charge in [0.1, 0.15) is 6.54 Å². The Morgan fingerprint density at radius 3 is 2.56 bits per heavy atom. The highest BCUT2D eigenvalue weighted by Gasteiger charge is 2.16. The molecule has 5 heteroatoms. The van der Waals surface area contributed by atoms with Crippen molar-refractivity contribution >= 4 is 27.8 Å². The van der Waals surface area contributed by atoms with Gasteiger partial charge in [-0.05, 0) is 30.7 Å². The van der Waals surface area contributed by atoms with Gasteiger partial charge in [0.2, 0.25) is 0 Å². The molecule has 0 saturated carbocycles. The lowest BCUT2D eigenvalue weighted by Crippen LogP contribution is -2.32. The zero-order chi connectivity index (χ0) is 12.3. The number of aliphatic carboxylic acids is 1. The number of halogens is 1. The van der Waals surface area contributed by atoms with E-state index in [4.69, 9.17) is 5.11 Å². The topological polar surface area (TPSA) is 57.6 Å². The first-order valence-electron chi connectivity index (χ1n) is 4.65. The lowest BCUT2D eigenvalue weighted by molar-refractivity contribution is -0.137. The normalized spacial score (nSPS) is 9.94. The Hall–Kier alpha value is -1.36. The van der Waals surface area contributed by atoms with Crippen molar-refractivity contribution in [2.75, 3.05) is 13.6 Å². The molecule has 1 rings (SSSR count). The fraction of sp³-hybridized carbons (Fsp3) is 0.273. The molecule has 0 radical (unpaired) electrons. The molecule has 86 valence electrons. The summed E-state index contributed by atoms with van der Waals surface area (Å²) in [6.07, 6.45) is 0. The van der Waals surface area contributed by atoms with Crippen molar-refractivity contribution in [1.29, 1.82) is 0 Å². The molecule has 0 fully saturated rings. The molecule has 4 nitrogen and oxygen atoms in total. The zero-order valence-corrected chi connectivity index (χ0v) is 10.6. The first-order valence-corrected chi connectivity index (χ1v) is 5.44. The van der Waals surface area contributed by atoms with Crippen molar-refractivity contribution in [2.24, 2.45) is 0 Å². The molecule has 16 heavy (non-hydrogen) atoms. The molecule has 1 amide bonds. The molecule has 0 spiro atoms. The van der Waals surface area contributed by atoms with Crippen molar-refractivity contribution in [3.8, 4) is 0 Å². The van der Waals surface area contributed by atoms with Crippen molar-refractivity contribution in [2.45, 2.75) is 6.92 Å². The van der Waals surface area contributed by atoms with E-state index in [1.54, 1.807) is 12.1 Å². The van der Waals surface area contributed by atoms with E-state index in [0.717, 1.165) is 10.0 Å². The highest BCUT2D eigenvalue weighted by atomic mass is 79.9. The fourth-order valence-electron chi connectivity index (χ4n) is 1.35. The Kier molecular flexibility index (Phi) is 4.06. The number of carboxylic acid groups (broad SMARTS) is 1. The third kappa shape index (κ3) is 3.06. The summed E-state index contributed by atoms with van der Waals surface area (Å²) in [6.45, 7) is 1.51. The number of benzene rings is 1. The number of amides is 1. The average molecular weight is 286 g/mol. The molecule has 1 aromatic carbocycles. The van der Waals surface area contributed by atoms with Crippen LogP contribution in [0.3, 0.4) is 0 Å². The summed E-state index contributed by atoms with van der Waals surface area (Å²) in [7, 11) is 1.47. The number of likely N-dealkylation sites (N-methyl/N-ethyl adjacent to an activating group) is 1. The molecule has 0 unspecified atom stereocenters. The number of aryl methyl sites for hydroxylation is 1. The first-order chi connectivity index (χ1) is 7.41. The third-order valence-corrected chi connectivity index (χ3v) is 2.63. The predicted molar refractivity (Wildman–Crippen MR) is 63.5 cm³/mol. The summed E-state index contributed by atoms with van der Waals surface area (Å²) in [6, 6.07) is 5.26. The van der Waals surface area contributed by atoms with Gasteiger partial charge in [-0.3, -0.25) is 9.59 Å². The average Bonchev–Trinajstić information content (AvgIpc) is 2.15. The fourth-order valence-corrected chi connectivity index (χ4v) is 1.82. The van der Waals surface area contributed by atoms with Gasteiger partial charge in [0.25, 0.3) is 5.91 Å². The Bertz CT molecular complexity index is 431. The quantitative estimate of drug-likeness (QED) is 0.923. The van der Waals surface area contributed by atoms with Crippen molar-refractivity contribution in [1.82, 2.24) is 4.90 Å². The highest BCUT2D eigenvalue weighted by Crippen LogP contribution is 2.16. The van der Waals surface area contributed by atoms with Gasteiger partial charge in [-0.25, -0.2) is 0 Å². The van der Waals surface area contributed by atoms with Gasteiger partial charge in [-0.2, -0.15) is 0 Å². The molecule has 0 aromatic heterocycles. The molecule has 1 aromatic rings. The SMILES string of the molecule is Cc1cc(Br)ccc1C(=O)N(C)CC(=O)O. The van der Waals surface area contributed by atoms with E-state index in [1.165, 1.54) is 11.9 Å². The standard InChI is InChI=1S/C11H12BrNO3/c1-7-5-8(12)3-4-9(7)11(16)13(2)6-10(14)15/h3-5H,6H2,1-2H3,(H,14,15). The summed E-state index contributed by atoms with van der Waals surface area (Å²) in [5, 5.41) is 8.59. The second-order valence-corrected chi connectivity index (χ2v) is 4.43. The second kappa shape index (κ2) is 5.12. The highest BCUT2D eigenvalue weighted by molar-refractivity contribution is 9.10. The van der Waals surface area contributed by atoms with Crippen LogP contribution < -0.4 is 0 Å². The zero-order valence-electron chi connectivity index (χ0n) is 9.03. The number of nitrogens with zero attached hydrogens (tertiary/aromatic N) is 1. The summed E-state index contributed by atoms with van der Waals surface area (Å²) >= 11 is 3.30. The van der Waals surface area contributed by atoms with Gasteiger partial charge in [0.05, 0.1) is 0 Å². The van der Waals surface area contributed by atoms with E-state index in [-0.39, 0.29) is 12.5 Å². The van der Waals surface area contributed by atoms with Crippen LogP contribution >= 0.6 is 15.9 Å². The Morgan fingerprint density at radius 1 is 1.44 bits per heavy atom. The van der Waals surface area contributed by atoms with Crippen LogP contribution in [0.25, 0.3) is 0 Å². The summed E-state index contributed by atoms with van der Waals surface area (Å²) in [5.74, 6) is -1.31. The van der Waals surface area contributed by atoms with E-state index in [2.05, 4.69) is 15.9 Å². The largest absolute Gasteiger partial charge is 0.480 e. The minimum atomic E-state index is -1.02. The van der Waals surface area contributed by atoms with Crippen LogP contribution in [0.1, 0.15) is 15.9 Å². The molecule has 0 aliphatic carbocycles. The molecular formula is C11H12BrNO3. The molecule has 0 aliphatic heterocycles. The Morgan fingerprint density at radius 2 is 2.06 bits per heavy atom. The minimum absolute atomic E-state index is 0.285. The van der Waals surface area contributed by atoms with Crippen molar-refractivity contribution < 1.29 is 14.7 Å². The van der Waals surface area contributed by atoms with Gasteiger partial charge in [0, 0.05) is 17.1 Å². The first kappa shape index (κ1) is 12.7. The summed E-state index contributed by atoms with van der Waals surface area (Å²) in [5.41, 5.74) is 1.34. The van der Waals surface area contributed by atoms with Crippen LogP contribution in [0.5, 0.6) is 0 Å². The van der Waals surface area contributed by atoms with Crippen LogP contribution in [0.15, 0.2) is 22.7 Å². The maximum absolute atomic E-state index is 11.9. The van der Waals surface area contributed by atoms with Gasteiger partial charge in [-0.1, -0.05) is 15.9 Å². The molecule has 0 bridgehead atoms. The van der Waals surface area contributed by atoms with Crippen LogP contribution in [0.4, 0.5) is 0 Å². The molecule has 0 heterocycles. The minimum Gasteiger partial charge on any atom is -0.480 e. The van der Waals surface area contributed by atoms with Crippen molar-refractivity contribution in [3.05, 3.63) is 33.8 Å². The summed E-state index contributed by atoms with van der Waals surface area (Å²) in [4.78, 5) is 23.5. The van der Waals surface area contributed by atoms with Gasteiger partial charge >= 0.3 is 5.97 Å². The van der Waals surface area contributed by atoms with E-state index in [1.807, 2.05) is 13.0 Å². The van der Waals surface area contributed by atoms with E-state index >= 15 is 0 Å².